The third-order valence-corrected chi connectivity index (χ3v) is 3.91. The number of ether oxygens (including phenoxy) is 1. The van der Waals surface area contributed by atoms with Gasteiger partial charge in [0.05, 0.1) is 18.5 Å². The maximum atomic E-state index is 12.2. The molecule has 1 aromatic carbocycles. The molecule has 24 heavy (non-hydrogen) atoms. The van der Waals surface area contributed by atoms with Gasteiger partial charge in [0, 0.05) is 11.6 Å². The summed E-state index contributed by atoms with van der Waals surface area (Å²) in [4.78, 5) is 24.1. The number of hydrogen-bond donors (Lipinski definition) is 2. The number of rotatable bonds is 5. The molecule has 0 aliphatic heterocycles. The number of carbonyl (C=O) groups is 2. The molecule has 1 aliphatic rings. The Balaban J connectivity index is 1.93. The van der Waals surface area contributed by atoms with Gasteiger partial charge in [0.15, 0.2) is 0 Å². The molecule has 7 heteroatoms. The van der Waals surface area contributed by atoms with Crippen LogP contribution in [0, 0.1) is 6.92 Å². The first-order chi connectivity index (χ1) is 11.5. The molecule has 0 saturated heterocycles. The first kappa shape index (κ1) is 16.0. The van der Waals surface area contributed by atoms with Gasteiger partial charge in [-0.05, 0) is 44.4 Å². The van der Waals surface area contributed by atoms with Crippen molar-refractivity contribution in [1.29, 1.82) is 0 Å². The lowest BCUT2D eigenvalue weighted by Gasteiger charge is -2.11. The van der Waals surface area contributed by atoms with Crippen LogP contribution in [-0.2, 0) is 4.74 Å². The van der Waals surface area contributed by atoms with Crippen LogP contribution in [0.3, 0.4) is 0 Å². The minimum Gasteiger partial charge on any atom is -0.462 e. The zero-order chi connectivity index (χ0) is 17.3. The molecule has 1 aromatic heterocycles. The Bertz CT molecular complexity index is 793. The SMILES string of the molecule is CCOC(=O)c1cnn(-c2cc(C(=O)NC3CC3)ccc2C)c1N. The molecule has 1 heterocycles. The number of nitrogens with one attached hydrogen (secondary N) is 1. The number of aryl methyl sites for hydroxylation is 1. The summed E-state index contributed by atoms with van der Waals surface area (Å²) < 4.78 is 6.42. The summed E-state index contributed by atoms with van der Waals surface area (Å²) in [6.07, 6.45) is 3.43. The van der Waals surface area contributed by atoms with E-state index in [1.165, 1.54) is 10.9 Å². The number of carbonyl (C=O) groups excluding carboxylic acids is 2. The van der Waals surface area contributed by atoms with E-state index in [4.69, 9.17) is 10.5 Å². The maximum Gasteiger partial charge on any atom is 0.343 e. The fourth-order valence-electron chi connectivity index (χ4n) is 2.39. The Labute approximate surface area is 139 Å². The standard InChI is InChI=1S/C17H20N4O3/c1-3-24-17(23)13-9-19-21(15(13)18)14-8-11(5-4-10(14)2)16(22)20-12-6-7-12/h4-5,8-9,12H,3,6-7,18H2,1-2H3,(H,20,22). The average molecular weight is 328 g/mol. The average Bonchev–Trinajstić information content (AvgIpc) is 3.28. The Hall–Kier alpha value is -2.83. The Morgan fingerprint density at radius 2 is 2.17 bits per heavy atom. The van der Waals surface area contributed by atoms with Crippen LogP contribution in [0.5, 0.6) is 0 Å². The molecule has 2 aromatic rings. The third kappa shape index (κ3) is 3.10. The number of nitrogens with two attached hydrogens (primary N) is 1. The zero-order valence-electron chi connectivity index (χ0n) is 13.7. The summed E-state index contributed by atoms with van der Waals surface area (Å²) >= 11 is 0. The summed E-state index contributed by atoms with van der Waals surface area (Å²) in [7, 11) is 0. The molecule has 0 radical (unpaired) electrons. The Kier molecular flexibility index (Phi) is 4.24. The molecule has 126 valence electrons. The molecule has 0 spiro atoms. The smallest absolute Gasteiger partial charge is 0.343 e. The van der Waals surface area contributed by atoms with Crippen LogP contribution in [0.4, 0.5) is 5.82 Å². The number of aromatic nitrogens is 2. The van der Waals surface area contributed by atoms with E-state index in [0.717, 1.165) is 18.4 Å². The highest BCUT2D eigenvalue weighted by Crippen LogP contribution is 2.23. The fourth-order valence-corrected chi connectivity index (χ4v) is 2.39. The van der Waals surface area contributed by atoms with Crippen molar-refractivity contribution in [2.24, 2.45) is 0 Å². The Morgan fingerprint density at radius 3 is 2.83 bits per heavy atom. The molecular formula is C17H20N4O3. The predicted octanol–water partition coefficient (Wildman–Crippen LogP) is 1.83. The van der Waals surface area contributed by atoms with Crippen LogP contribution in [0.25, 0.3) is 5.69 Å². The summed E-state index contributed by atoms with van der Waals surface area (Å²) in [5, 5.41) is 7.13. The third-order valence-electron chi connectivity index (χ3n) is 3.91. The lowest BCUT2D eigenvalue weighted by molar-refractivity contribution is 0.0527. The van der Waals surface area contributed by atoms with E-state index < -0.39 is 5.97 Å². The van der Waals surface area contributed by atoms with Crippen LogP contribution < -0.4 is 11.1 Å². The van der Waals surface area contributed by atoms with Gasteiger partial charge in [-0.3, -0.25) is 4.79 Å². The molecule has 0 bridgehead atoms. The highest BCUT2D eigenvalue weighted by molar-refractivity contribution is 5.96. The van der Waals surface area contributed by atoms with Crippen molar-refractivity contribution in [3.05, 3.63) is 41.1 Å². The number of nitrogens with zero attached hydrogens (tertiary/aromatic N) is 2. The van der Waals surface area contributed by atoms with Gasteiger partial charge in [0.25, 0.3) is 5.91 Å². The summed E-state index contributed by atoms with van der Waals surface area (Å²) in [5.74, 6) is -0.437. The van der Waals surface area contributed by atoms with Gasteiger partial charge in [0.1, 0.15) is 11.4 Å². The Morgan fingerprint density at radius 1 is 1.42 bits per heavy atom. The molecule has 1 saturated carbocycles. The van der Waals surface area contributed by atoms with Crippen LogP contribution in [-0.4, -0.2) is 34.3 Å². The number of benzene rings is 1. The second-order valence-corrected chi connectivity index (χ2v) is 5.82. The largest absolute Gasteiger partial charge is 0.462 e. The normalized spacial score (nSPS) is 13.6. The molecule has 1 aliphatic carbocycles. The highest BCUT2D eigenvalue weighted by Gasteiger charge is 2.24. The highest BCUT2D eigenvalue weighted by atomic mass is 16.5. The molecule has 0 unspecified atom stereocenters. The van der Waals surface area contributed by atoms with Crippen molar-refractivity contribution in [3.8, 4) is 5.69 Å². The summed E-state index contributed by atoms with van der Waals surface area (Å²) in [5.41, 5.74) is 8.35. The van der Waals surface area contributed by atoms with Gasteiger partial charge in [-0.1, -0.05) is 6.07 Å². The van der Waals surface area contributed by atoms with Crippen molar-refractivity contribution in [3.63, 3.8) is 0 Å². The summed E-state index contributed by atoms with van der Waals surface area (Å²) in [6.45, 7) is 3.88. The first-order valence-electron chi connectivity index (χ1n) is 7.93. The molecule has 1 amide bonds. The molecule has 7 nitrogen and oxygen atoms in total. The second kappa shape index (κ2) is 6.35. The van der Waals surface area contributed by atoms with Crippen LogP contribution in [0.2, 0.25) is 0 Å². The van der Waals surface area contributed by atoms with E-state index in [0.29, 0.717) is 11.3 Å². The van der Waals surface area contributed by atoms with E-state index in [2.05, 4.69) is 10.4 Å². The van der Waals surface area contributed by atoms with Gasteiger partial charge >= 0.3 is 5.97 Å². The number of esters is 1. The number of hydrogen-bond acceptors (Lipinski definition) is 5. The minimum absolute atomic E-state index is 0.116. The van der Waals surface area contributed by atoms with Crippen LogP contribution in [0.1, 0.15) is 46.0 Å². The number of amides is 1. The molecule has 1 fully saturated rings. The second-order valence-electron chi connectivity index (χ2n) is 5.82. The van der Waals surface area contributed by atoms with Gasteiger partial charge in [-0.2, -0.15) is 5.10 Å². The number of nitrogen functional groups attached to an aromatic ring is 1. The monoisotopic (exact) mass is 328 g/mol. The van der Waals surface area contributed by atoms with E-state index in [1.54, 1.807) is 19.1 Å². The topological polar surface area (TPSA) is 99.2 Å². The van der Waals surface area contributed by atoms with E-state index in [9.17, 15) is 9.59 Å². The lowest BCUT2D eigenvalue weighted by atomic mass is 10.1. The van der Waals surface area contributed by atoms with Crippen molar-refractivity contribution < 1.29 is 14.3 Å². The van der Waals surface area contributed by atoms with Gasteiger partial charge in [-0.25, -0.2) is 9.48 Å². The predicted molar refractivity (Wildman–Crippen MR) is 89.2 cm³/mol. The minimum atomic E-state index is -0.512. The molecular weight excluding hydrogens is 308 g/mol. The van der Waals surface area contributed by atoms with Crippen LogP contribution in [0.15, 0.2) is 24.4 Å². The van der Waals surface area contributed by atoms with Crippen molar-refractivity contribution >= 4 is 17.7 Å². The molecule has 3 N–H and O–H groups in total. The van der Waals surface area contributed by atoms with Gasteiger partial charge in [0.2, 0.25) is 0 Å². The van der Waals surface area contributed by atoms with Crippen molar-refractivity contribution in [2.75, 3.05) is 12.3 Å². The summed E-state index contributed by atoms with van der Waals surface area (Å²) in [6, 6.07) is 5.61. The van der Waals surface area contributed by atoms with E-state index in [-0.39, 0.29) is 29.9 Å². The number of anilines is 1. The van der Waals surface area contributed by atoms with Crippen molar-refractivity contribution in [2.45, 2.75) is 32.7 Å². The lowest BCUT2D eigenvalue weighted by Crippen LogP contribution is -2.25. The first-order valence-corrected chi connectivity index (χ1v) is 7.93. The maximum absolute atomic E-state index is 12.2. The van der Waals surface area contributed by atoms with E-state index >= 15 is 0 Å². The zero-order valence-corrected chi connectivity index (χ0v) is 13.7. The molecule has 0 atom stereocenters. The quantitative estimate of drug-likeness (QED) is 0.816. The van der Waals surface area contributed by atoms with Gasteiger partial charge < -0.3 is 15.8 Å². The van der Waals surface area contributed by atoms with Crippen LogP contribution >= 0.6 is 0 Å². The van der Waals surface area contributed by atoms with Gasteiger partial charge in [-0.15, -0.1) is 0 Å². The van der Waals surface area contributed by atoms with Crippen molar-refractivity contribution in [1.82, 2.24) is 15.1 Å². The molecule has 3 rings (SSSR count). The van der Waals surface area contributed by atoms with E-state index in [1.807, 2.05) is 13.0 Å². The fraction of sp³-hybridized carbons (Fsp3) is 0.353.